The monoisotopic (exact) mass is 276 g/mol. The molecule has 2 unspecified atom stereocenters. The summed E-state index contributed by atoms with van der Waals surface area (Å²) in [6.45, 7) is 6.10. The molecule has 0 radical (unpaired) electrons. The Balaban J connectivity index is 2.38. The summed E-state index contributed by atoms with van der Waals surface area (Å²) >= 11 is 0. The van der Waals surface area contributed by atoms with E-state index in [0.29, 0.717) is 12.6 Å². The summed E-state index contributed by atoms with van der Waals surface area (Å²) in [5, 5.41) is 5.32. The van der Waals surface area contributed by atoms with Gasteiger partial charge in [-0.3, -0.25) is 4.79 Å². The number of hydrogen-bond acceptors (Lipinski definition) is 4. The molecule has 106 valence electrons. The Morgan fingerprint density at radius 2 is 1.94 bits per heavy atom. The summed E-state index contributed by atoms with van der Waals surface area (Å²) < 4.78 is 23.9. The predicted molar refractivity (Wildman–Crippen MR) is 72.2 cm³/mol. The minimum atomic E-state index is -3.36. The maximum Gasteiger partial charge on any atom is 0.235 e. The summed E-state index contributed by atoms with van der Waals surface area (Å²) in [5.74, 6) is -0.764. The third-order valence-electron chi connectivity index (χ3n) is 3.25. The summed E-state index contributed by atoms with van der Waals surface area (Å²) in [7, 11) is -3.36. The highest BCUT2D eigenvalue weighted by molar-refractivity contribution is 7.92. The average Bonchev–Trinajstić information content (AvgIpc) is 3.07. The van der Waals surface area contributed by atoms with Crippen molar-refractivity contribution in [3.63, 3.8) is 0 Å². The Morgan fingerprint density at radius 1 is 1.33 bits per heavy atom. The lowest BCUT2D eigenvalue weighted by atomic mass is 10.2. The fourth-order valence-electron chi connectivity index (χ4n) is 1.46. The van der Waals surface area contributed by atoms with Gasteiger partial charge in [-0.15, -0.1) is 0 Å². The van der Waals surface area contributed by atoms with Crippen molar-refractivity contribution in [3.8, 4) is 0 Å². The topological polar surface area (TPSA) is 75.3 Å². The van der Waals surface area contributed by atoms with Crippen molar-refractivity contribution >= 4 is 15.7 Å². The van der Waals surface area contributed by atoms with Gasteiger partial charge in [0.15, 0.2) is 9.84 Å². The molecule has 0 aromatic rings. The van der Waals surface area contributed by atoms with E-state index in [4.69, 9.17) is 0 Å². The van der Waals surface area contributed by atoms with Crippen LogP contribution in [0.1, 0.15) is 40.0 Å². The van der Waals surface area contributed by atoms with E-state index in [2.05, 4.69) is 10.6 Å². The smallest absolute Gasteiger partial charge is 0.235 e. The molecule has 1 aliphatic rings. The van der Waals surface area contributed by atoms with Crippen LogP contribution in [0.5, 0.6) is 0 Å². The van der Waals surface area contributed by atoms with Crippen molar-refractivity contribution in [2.45, 2.75) is 57.4 Å². The van der Waals surface area contributed by atoms with Gasteiger partial charge in [-0.2, -0.15) is 0 Å². The molecule has 0 heterocycles. The minimum absolute atomic E-state index is 0.209. The van der Waals surface area contributed by atoms with E-state index in [0.717, 1.165) is 19.3 Å². The Hall–Kier alpha value is -0.620. The van der Waals surface area contributed by atoms with Crippen LogP contribution in [0.3, 0.4) is 0 Å². The van der Waals surface area contributed by atoms with Crippen molar-refractivity contribution in [1.82, 2.24) is 10.6 Å². The molecule has 1 rings (SSSR count). The van der Waals surface area contributed by atoms with Crippen molar-refractivity contribution in [2.75, 3.05) is 12.3 Å². The van der Waals surface area contributed by atoms with Gasteiger partial charge in [0.2, 0.25) is 5.91 Å². The van der Waals surface area contributed by atoms with Crippen molar-refractivity contribution < 1.29 is 13.2 Å². The van der Waals surface area contributed by atoms with E-state index in [1.165, 1.54) is 0 Å². The molecule has 2 N–H and O–H groups in total. The standard InChI is InChI=1S/C12H24N2O3S/c1-4-9(2)13-7-10(3)18(16,17)8-12(15)14-11-5-6-11/h9-11,13H,4-8H2,1-3H3,(H,14,15). The maximum atomic E-state index is 11.9. The van der Waals surface area contributed by atoms with Gasteiger partial charge in [-0.1, -0.05) is 6.92 Å². The molecule has 1 fully saturated rings. The number of sulfone groups is 1. The SMILES string of the molecule is CCC(C)NCC(C)S(=O)(=O)CC(=O)NC1CC1. The minimum Gasteiger partial charge on any atom is -0.352 e. The summed E-state index contributed by atoms with van der Waals surface area (Å²) in [5.41, 5.74) is 0. The van der Waals surface area contributed by atoms with Crippen LogP contribution >= 0.6 is 0 Å². The van der Waals surface area contributed by atoms with E-state index in [9.17, 15) is 13.2 Å². The van der Waals surface area contributed by atoms with Gasteiger partial charge < -0.3 is 10.6 Å². The fraction of sp³-hybridized carbons (Fsp3) is 0.917. The van der Waals surface area contributed by atoms with Crippen LogP contribution in [0, 0.1) is 0 Å². The second kappa shape index (κ2) is 6.52. The van der Waals surface area contributed by atoms with Crippen molar-refractivity contribution in [3.05, 3.63) is 0 Å². The van der Waals surface area contributed by atoms with Gasteiger partial charge >= 0.3 is 0 Å². The molecule has 1 aliphatic carbocycles. The lowest BCUT2D eigenvalue weighted by Crippen LogP contribution is -2.40. The van der Waals surface area contributed by atoms with Crippen LogP contribution in [0.2, 0.25) is 0 Å². The summed E-state index contributed by atoms with van der Waals surface area (Å²) in [4.78, 5) is 11.5. The van der Waals surface area contributed by atoms with Crippen LogP contribution < -0.4 is 10.6 Å². The molecule has 18 heavy (non-hydrogen) atoms. The fourth-order valence-corrected chi connectivity index (χ4v) is 2.54. The molecule has 1 saturated carbocycles. The van der Waals surface area contributed by atoms with Crippen LogP contribution in [-0.2, 0) is 14.6 Å². The second-order valence-corrected chi connectivity index (χ2v) is 7.60. The molecule has 6 heteroatoms. The molecular weight excluding hydrogens is 252 g/mol. The average molecular weight is 276 g/mol. The van der Waals surface area contributed by atoms with Gasteiger partial charge in [0, 0.05) is 18.6 Å². The van der Waals surface area contributed by atoms with E-state index >= 15 is 0 Å². The highest BCUT2D eigenvalue weighted by atomic mass is 32.2. The molecule has 0 spiro atoms. The zero-order valence-corrected chi connectivity index (χ0v) is 12.2. The van der Waals surface area contributed by atoms with Crippen molar-refractivity contribution in [2.24, 2.45) is 0 Å². The maximum absolute atomic E-state index is 11.9. The Labute approximate surface area is 110 Å². The molecule has 0 saturated heterocycles. The molecular formula is C12H24N2O3S. The van der Waals surface area contributed by atoms with E-state index in [1.807, 2.05) is 13.8 Å². The molecule has 2 atom stereocenters. The zero-order valence-electron chi connectivity index (χ0n) is 11.4. The lowest BCUT2D eigenvalue weighted by molar-refractivity contribution is -0.118. The molecule has 0 aromatic carbocycles. The molecule has 5 nitrogen and oxygen atoms in total. The molecule has 0 aliphatic heterocycles. The quantitative estimate of drug-likeness (QED) is 0.675. The lowest BCUT2D eigenvalue weighted by Gasteiger charge is -2.17. The third kappa shape index (κ3) is 5.35. The van der Waals surface area contributed by atoms with Gasteiger partial charge in [0.1, 0.15) is 5.75 Å². The zero-order chi connectivity index (χ0) is 13.8. The number of carbonyl (C=O) groups excluding carboxylic acids is 1. The molecule has 1 amide bonds. The number of nitrogens with one attached hydrogen (secondary N) is 2. The van der Waals surface area contributed by atoms with E-state index < -0.39 is 20.8 Å². The Kier molecular flexibility index (Phi) is 5.59. The third-order valence-corrected chi connectivity index (χ3v) is 5.31. The highest BCUT2D eigenvalue weighted by Gasteiger charge is 2.28. The largest absolute Gasteiger partial charge is 0.352 e. The first-order chi connectivity index (χ1) is 8.35. The van der Waals surface area contributed by atoms with Crippen molar-refractivity contribution in [1.29, 1.82) is 0 Å². The Bertz CT molecular complexity index is 377. The molecule has 0 bridgehead atoms. The first kappa shape index (κ1) is 15.4. The van der Waals surface area contributed by atoms with Crippen LogP contribution in [0.25, 0.3) is 0 Å². The van der Waals surface area contributed by atoms with E-state index in [1.54, 1.807) is 6.92 Å². The second-order valence-electron chi connectivity index (χ2n) is 5.18. The first-order valence-electron chi connectivity index (χ1n) is 6.59. The number of carbonyl (C=O) groups is 1. The normalized spacial score (nSPS) is 19.3. The van der Waals surface area contributed by atoms with Gasteiger partial charge in [0.25, 0.3) is 0 Å². The Morgan fingerprint density at radius 3 is 2.44 bits per heavy atom. The molecule has 0 aromatic heterocycles. The van der Waals surface area contributed by atoms with Gasteiger partial charge in [-0.25, -0.2) is 8.42 Å². The van der Waals surface area contributed by atoms with Crippen LogP contribution in [-0.4, -0.2) is 44.0 Å². The number of amides is 1. The van der Waals surface area contributed by atoms with Crippen LogP contribution in [0.15, 0.2) is 0 Å². The first-order valence-corrected chi connectivity index (χ1v) is 8.31. The highest BCUT2D eigenvalue weighted by Crippen LogP contribution is 2.18. The number of rotatable bonds is 8. The summed E-state index contributed by atoms with van der Waals surface area (Å²) in [6, 6.07) is 0.504. The number of hydrogen-bond donors (Lipinski definition) is 2. The van der Waals surface area contributed by atoms with Gasteiger partial charge in [0.05, 0.1) is 5.25 Å². The summed E-state index contributed by atoms with van der Waals surface area (Å²) in [6.07, 6.45) is 2.89. The van der Waals surface area contributed by atoms with Gasteiger partial charge in [-0.05, 0) is 33.1 Å². The van der Waals surface area contributed by atoms with Crippen LogP contribution in [0.4, 0.5) is 0 Å². The predicted octanol–water partition coefficient (Wildman–Crippen LogP) is 0.456. The van der Waals surface area contributed by atoms with E-state index in [-0.39, 0.29) is 11.9 Å².